The molecule has 1 N–H and O–H groups in total. The van der Waals surface area contributed by atoms with Gasteiger partial charge in [0.1, 0.15) is 0 Å². The normalized spacial score (nSPS) is 16.3. The van der Waals surface area contributed by atoms with Crippen molar-refractivity contribution in [1.82, 2.24) is 4.31 Å². The van der Waals surface area contributed by atoms with Crippen molar-refractivity contribution in [3.8, 4) is 11.5 Å². The van der Waals surface area contributed by atoms with Crippen molar-refractivity contribution in [3.63, 3.8) is 0 Å². The Morgan fingerprint density at radius 3 is 2.45 bits per heavy atom. The van der Waals surface area contributed by atoms with E-state index < -0.39 is 10.0 Å². The van der Waals surface area contributed by atoms with Crippen LogP contribution in [0.1, 0.15) is 38.2 Å². The number of amides is 1. The number of sulfonamides is 1. The molecular weight excluding hydrogens is 392 g/mol. The first kappa shape index (κ1) is 19.7. The van der Waals surface area contributed by atoms with Crippen molar-refractivity contribution < 1.29 is 22.7 Å². The third-order valence-electron chi connectivity index (χ3n) is 5.29. The summed E-state index contributed by atoms with van der Waals surface area (Å²) in [5.41, 5.74) is 1.43. The standard InChI is InChI=1S/C21H24N2O5S/c1-15(24)22-17-7-9-19(10-8-17)29(25,26)23(18-4-2-3-5-18)13-16-6-11-20-21(12-16)28-14-27-20/h6-12,18H,2-5,13-14H2,1H3,(H,22,24). The van der Waals surface area contributed by atoms with Crippen LogP contribution in [-0.2, 0) is 21.4 Å². The molecule has 1 amide bonds. The molecule has 1 saturated carbocycles. The first-order chi connectivity index (χ1) is 13.9. The van der Waals surface area contributed by atoms with Crippen LogP contribution in [0.2, 0.25) is 0 Å². The van der Waals surface area contributed by atoms with Crippen LogP contribution in [0.4, 0.5) is 5.69 Å². The molecule has 1 aliphatic heterocycles. The van der Waals surface area contributed by atoms with E-state index in [0.29, 0.717) is 17.2 Å². The maximum atomic E-state index is 13.5. The minimum atomic E-state index is -3.69. The molecular formula is C21H24N2O5S. The lowest BCUT2D eigenvalue weighted by Crippen LogP contribution is -2.38. The van der Waals surface area contributed by atoms with E-state index in [0.717, 1.165) is 31.2 Å². The third-order valence-corrected chi connectivity index (χ3v) is 7.20. The van der Waals surface area contributed by atoms with Crippen molar-refractivity contribution in [2.75, 3.05) is 12.1 Å². The predicted octanol–water partition coefficient (Wildman–Crippen LogP) is 3.51. The lowest BCUT2D eigenvalue weighted by molar-refractivity contribution is -0.114. The first-order valence-electron chi connectivity index (χ1n) is 9.71. The fraction of sp³-hybridized carbons (Fsp3) is 0.381. The lowest BCUT2D eigenvalue weighted by Gasteiger charge is -2.28. The average Bonchev–Trinajstić information content (AvgIpc) is 3.37. The highest BCUT2D eigenvalue weighted by molar-refractivity contribution is 7.89. The Morgan fingerprint density at radius 1 is 1.07 bits per heavy atom. The summed E-state index contributed by atoms with van der Waals surface area (Å²) < 4.78 is 39.3. The van der Waals surface area contributed by atoms with Gasteiger partial charge in [0.2, 0.25) is 22.7 Å². The van der Waals surface area contributed by atoms with E-state index in [1.165, 1.54) is 6.92 Å². The van der Waals surface area contributed by atoms with E-state index in [1.54, 1.807) is 28.6 Å². The SMILES string of the molecule is CC(=O)Nc1ccc(S(=O)(=O)N(Cc2ccc3c(c2)OCO3)C2CCCC2)cc1. The van der Waals surface area contributed by atoms with Crippen molar-refractivity contribution in [1.29, 1.82) is 0 Å². The third kappa shape index (κ3) is 4.23. The van der Waals surface area contributed by atoms with E-state index in [2.05, 4.69) is 5.32 Å². The van der Waals surface area contributed by atoms with Crippen LogP contribution in [0.5, 0.6) is 11.5 Å². The molecule has 1 aliphatic carbocycles. The monoisotopic (exact) mass is 416 g/mol. The van der Waals surface area contributed by atoms with Gasteiger partial charge in [-0.1, -0.05) is 18.9 Å². The molecule has 0 aromatic heterocycles. The zero-order chi connectivity index (χ0) is 20.4. The van der Waals surface area contributed by atoms with Gasteiger partial charge in [0.25, 0.3) is 0 Å². The van der Waals surface area contributed by atoms with Gasteiger partial charge in [-0.3, -0.25) is 4.79 Å². The molecule has 154 valence electrons. The molecule has 7 nitrogen and oxygen atoms in total. The van der Waals surface area contributed by atoms with Gasteiger partial charge in [0.15, 0.2) is 11.5 Å². The van der Waals surface area contributed by atoms with Crippen LogP contribution in [-0.4, -0.2) is 31.5 Å². The van der Waals surface area contributed by atoms with Crippen molar-refractivity contribution in [2.45, 2.75) is 50.1 Å². The van der Waals surface area contributed by atoms with Gasteiger partial charge in [-0.15, -0.1) is 0 Å². The number of hydrogen-bond acceptors (Lipinski definition) is 5. The number of carbonyl (C=O) groups excluding carboxylic acids is 1. The number of hydrogen-bond donors (Lipinski definition) is 1. The van der Waals surface area contributed by atoms with E-state index in [9.17, 15) is 13.2 Å². The Labute approximate surface area is 170 Å². The molecule has 0 spiro atoms. The summed E-state index contributed by atoms with van der Waals surface area (Å²) in [5.74, 6) is 1.12. The summed E-state index contributed by atoms with van der Waals surface area (Å²) in [4.78, 5) is 11.4. The Morgan fingerprint density at radius 2 is 1.76 bits per heavy atom. The molecule has 2 aromatic rings. The van der Waals surface area contributed by atoms with Crippen LogP contribution in [0.15, 0.2) is 47.4 Å². The second-order valence-electron chi connectivity index (χ2n) is 7.38. The number of rotatable bonds is 6. The number of anilines is 1. The highest BCUT2D eigenvalue weighted by Crippen LogP contribution is 2.35. The second-order valence-corrected chi connectivity index (χ2v) is 9.27. The summed E-state index contributed by atoms with van der Waals surface area (Å²) >= 11 is 0. The fourth-order valence-corrected chi connectivity index (χ4v) is 5.54. The Kier molecular flexibility index (Phi) is 5.47. The van der Waals surface area contributed by atoms with Crippen molar-refractivity contribution in [3.05, 3.63) is 48.0 Å². The smallest absolute Gasteiger partial charge is 0.243 e. The summed E-state index contributed by atoms with van der Waals surface area (Å²) in [5, 5.41) is 2.66. The average molecular weight is 416 g/mol. The topological polar surface area (TPSA) is 84.9 Å². The van der Waals surface area contributed by atoms with E-state index in [-0.39, 0.29) is 30.2 Å². The molecule has 2 aromatic carbocycles. The number of carbonyl (C=O) groups is 1. The highest BCUT2D eigenvalue weighted by atomic mass is 32.2. The van der Waals surface area contributed by atoms with Gasteiger partial charge in [-0.25, -0.2) is 8.42 Å². The maximum Gasteiger partial charge on any atom is 0.243 e. The number of nitrogens with one attached hydrogen (secondary N) is 1. The van der Waals surface area contributed by atoms with Crippen LogP contribution < -0.4 is 14.8 Å². The first-order valence-corrected chi connectivity index (χ1v) is 11.2. The molecule has 0 atom stereocenters. The lowest BCUT2D eigenvalue weighted by atomic mass is 10.1. The second kappa shape index (κ2) is 8.04. The van der Waals surface area contributed by atoms with Gasteiger partial charge in [0.05, 0.1) is 4.90 Å². The highest BCUT2D eigenvalue weighted by Gasteiger charge is 2.33. The van der Waals surface area contributed by atoms with Crippen LogP contribution in [0.25, 0.3) is 0 Å². The minimum absolute atomic E-state index is 0.0274. The van der Waals surface area contributed by atoms with Crippen LogP contribution in [0.3, 0.4) is 0 Å². The molecule has 0 radical (unpaired) electrons. The van der Waals surface area contributed by atoms with Crippen LogP contribution in [0, 0.1) is 0 Å². The van der Waals surface area contributed by atoms with E-state index >= 15 is 0 Å². The quantitative estimate of drug-likeness (QED) is 0.779. The summed E-state index contributed by atoms with van der Waals surface area (Å²) in [6.07, 6.45) is 3.76. The zero-order valence-corrected chi connectivity index (χ0v) is 17.1. The Balaban J connectivity index is 1.62. The number of fused-ring (bicyclic) bond motifs is 1. The Hall–Kier alpha value is -2.58. The number of nitrogens with zero attached hydrogens (tertiary/aromatic N) is 1. The molecule has 1 heterocycles. The number of benzene rings is 2. The summed E-state index contributed by atoms with van der Waals surface area (Å²) in [6, 6.07) is 11.8. The van der Waals surface area contributed by atoms with Crippen molar-refractivity contribution >= 4 is 21.6 Å². The van der Waals surface area contributed by atoms with Crippen molar-refractivity contribution in [2.24, 2.45) is 0 Å². The molecule has 4 rings (SSSR count). The maximum absolute atomic E-state index is 13.5. The fourth-order valence-electron chi connectivity index (χ4n) is 3.87. The zero-order valence-electron chi connectivity index (χ0n) is 16.3. The van der Waals surface area contributed by atoms with Gasteiger partial charge < -0.3 is 14.8 Å². The number of ether oxygens (including phenoxy) is 2. The molecule has 2 aliphatic rings. The van der Waals surface area contributed by atoms with Crippen LogP contribution >= 0.6 is 0 Å². The molecule has 29 heavy (non-hydrogen) atoms. The summed E-state index contributed by atoms with van der Waals surface area (Å²) in [6.45, 7) is 1.87. The van der Waals surface area contributed by atoms with Gasteiger partial charge >= 0.3 is 0 Å². The molecule has 0 saturated heterocycles. The van der Waals surface area contributed by atoms with Gasteiger partial charge in [0, 0.05) is 25.2 Å². The van der Waals surface area contributed by atoms with Gasteiger partial charge in [-0.05, 0) is 54.8 Å². The van der Waals surface area contributed by atoms with E-state index in [1.807, 2.05) is 18.2 Å². The van der Waals surface area contributed by atoms with E-state index in [4.69, 9.17) is 9.47 Å². The summed E-state index contributed by atoms with van der Waals surface area (Å²) in [7, 11) is -3.69. The van der Waals surface area contributed by atoms with Gasteiger partial charge in [-0.2, -0.15) is 4.31 Å². The predicted molar refractivity (Wildman–Crippen MR) is 108 cm³/mol. The molecule has 0 bridgehead atoms. The molecule has 8 heteroatoms. The molecule has 0 unspecified atom stereocenters. The molecule has 1 fully saturated rings. The Bertz CT molecular complexity index is 998. The minimum Gasteiger partial charge on any atom is -0.454 e. The largest absolute Gasteiger partial charge is 0.454 e.